The Morgan fingerprint density at radius 1 is 1.37 bits per heavy atom. The number of aromatic hydroxyl groups is 2. The Bertz CT molecular complexity index is 482. The fraction of sp³-hybridized carbons (Fsp3) is 0.500. The SMILES string of the molecule is CC(c1c(O)cccc1O)N1CCCC1(C)C(=O)O. The van der Waals surface area contributed by atoms with E-state index in [0.717, 1.165) is 6.42 Å². The molecule has 5 heteroatoms. The zero-order valence-corrected chi connectivity index (χ0v) is 11.1. The second kappa shape index (κ2) is 4.74. The Kier molecular flexibility index (Phi) is 3.41. The third kappa shape index (κ3) is 2.14. The van der Waals surface area contributed by atoms with Crippen molar-refractivity contribution < 1.29 is 20.1 Å². The quantitative estimate of drug-likeness (QED) is 0.779. The summed E-state index contributed by atoms with van der Waals surface area (Å²) in [7, 11) is 0. The van der Waals surface area contributed by atoms with Crippen LogP contribution in [0.2, 0.25) is 0 Å². The normalized spacial score (nSPS) is 25.4. The maximum atomic E-state index is 11.5. The largest absolute Gasteiger partial charge is 0.507 e. The van der Waals surface area contributed by atoms with Crippen LogP contribution in [-0.4, -0.2) is 38.3 Å². The predicted octanol–water partition coefficient (Wildman–Crippen LogP) is 2.10. The molecule has 104 valence electrons. The zero-order valence-electron chi connectivity index (χ0n) is 11.1. The third-order valence-electron chi connectivity index (χ3n) is 4.10. The van der Waals surface area contributed by atoms with E-state index >= 15 is 0 Å². The Labute approximate surface area is 112 Å². The Morgan fingerprint density at radius 3 is 2.47 bits per heavy atom. The van der Waals surface area contributed by atoms with E-state index in [4.69, 9.17) is 0 Å². The van der Waals surface area contributed by atoms with Gasteiger partial charge in [0.05, 0.1) is 5.56 Å². The topological polar surface area (TPSA) is 81.0 Å². The van der Waals surface area contributed by atoms with Gasteiger partial charge in [0.25, 0.3) is 0 Å². The van der Waals surface area contributed by atoms with Crippen molar-refractivity contribution in [2.45, 2.75) is 38.3 Å². The molecule has 1 fully saturated rings. The Hall–Kier alpha value is -1.75. The number of phenols is 2. The highest BCUT2D eigenvalue weighted by atomic mass is 16.4. The highest BCUT2D eigenvalue weighted by Crippen LogP contribution is 2.42. The van der Waals surface area contributed by atoms with Crippen molar-refractivity contribution in [3.63, 3.8) is 0 Å². The molecule has 5 nitrogen and oxygen atoms in total. The minimum Gasteiger partial charge on any atom is -0.507 e. The lowest BCUT2D eigenvalue weighted by Gasteiger charge is -2.36. The molecule has 2 rings (SSSR count). The van der Waals surface area contributed by atoms with Gasteiger partial charge in [0.2, 0.25) is 0 Å². The van der Waals surface area contributed by atoms with Crippen molar-refractivity contribution >= 4 is 5.97 Å². The third-order valence-corrected chi connectivity index (χ3v) is 4.10. The second-order valence-electron chi connectivity index (χ2n) is 5.26. The maximum absolute atomic E-state index is 11.5. The minimum atomic E-state index is -0.950. The first-order chi connectivity index (χ1) is 8.88. The molecule has 1 aliphatic heterocycles. The van der Waals surface area contributed by atoms with Gasteiger partial charge >= 0.3 is 5.97 Å². The van der Waals surface area contributed by atoms with Gasteiger partial charge in [-0.2, -0.15) is 0 Å². The first-order valence-electron chi connectivity index (χ1n) is 6.39. The molecule has 1 saturated heterocycles. The molecule has 1 heterocycles. The first-order valence-corrected chi connectivity index (χ1v) is 6.39. The van der Waals surface area contributed by atoms with Crippen LogP contribution in [0.4, 0.5) is 0 Å². The summed E-state index contributed by atoms with van der Waals surface area (Å²) < 4.78 is 0. The number of rotatable bonds is 3. The van der Waals surface area contributed by atoms with E-state index in [1.165, 1.54) is 12.1 Å². The first kappa shape index (κ1) is 13.7. The van der Waals surface area contributed by atoms with Gasteiger partial charge in [-0.1, -0.05) is 6.07 Å². The molecule has 2 unspecified atom stereocenters. The minimum absolute atomic E-state index is 0.00728. The number of phenolic OH excluding ortho intramolecular Hbond substituents is 2. The summed E-state index contributed by atoms with van der Waals surface area (Å²) in [6, 6.07) is 4.20. The monoisotopic (exact) mass is 265 g/mol. The smallest absolute Gasteiger partial charge is 0.323 e. The molecule has 19 heavy (non-hydrogen) atoms. The molecule has 1 aromatic rings. The van der Waals surface area contributed by atoms with E-state index in [2.05, 4.69) is 0 Å². The van der Waals surface area contributed by atoms with Crippen LogP contribution >= 0.6 is 0 Å². The number of carbonyl (C=O) groups is 1. The summed E-state index contributed by atoms with van der Waals surface area (Å²) in [5, 5.41) is 29.2. The Balaban J connectivity index is 2.39. The number of carboxylic acids is 1. The molecule has 0 spiro atoms. The fourth-order valence-corrected chi connectivity index (χ4v) is 2.96. The zero-order chi connectivity index (χ0) is 14.2. The molecular formula is C14H19NO4. The average Bonchev–Trinajstić information content (AvgIpc) is 2.72. The van der Waals surface area contributed by atoms with E-state index in [1.54, 1.807) is 19.9 Å². The van der Waals surface area contributed by atoms with E-state index in [1.807, 2.05) is 4.90 Å². The Morgan fingerprint density at radius 2 is 1.95 bits per heavy atom. The summed E-state index contributed by atoms with van der Waals surface area (Å²) in [5.74, 6) is -0.883. The standard InChI is InChI=1S/C14H19NO4/c1-9(12-10(16)5-3-6-11(12)17)15-8-4-7-14(15,2)13(18)19/h3,5-6,9,16-17H,4,7-8H2,1-2H3,(H,18,19). The summed E-state index contributed by atoms with van der Waals surface area (Å²) in [4.78, 5) is 13.3. The van der Waals surface area contributed by atoms with E-state index < -0.39 is 11.5 Å². The maximum Gasteiger partial charge on any atom is 0.323 e. The molecular weight excluding hydrogens is 246 g/mol. The number of hydrogen-bond acceptors (Lipinski definition) is 4. The van der Waals surface area contributed by atoms with Crippen LogP contribution in [0.3, 0.4) is 0 Å². The number of benzene rings is 1. The van der Waals surface area contributed by atoms with Gasteiger partial charge < -0.3 is 15.3 Å². The van der Waals surface area contributed by atoms with Gasteiger partial charge in [-0.3, -0.25) is 9.69 Å². The number of carboxylic acid groups (broad SMARTS) is 1. The summed E-state index contributed by atoms with van der Waals surface area (Å²) in [6.07, 6.45) is 1.36. The van der Waals surface area contributed by atoms with E-state index in [9.17, 15) is 20.1 Å². The highest BCUT2D eigenvalue weighted by molar-refractivity contribution is 5.78. The van der Waals surface area contributed by atoms with Crippen LogP contribution in [0, 0.1) is 0 Å². The van der Waals surface area contributed by atoms with Crippen molar-refractivity contribution in [1.82, 2.24) is 4.90 Å². The summed E-state index contributed by atoms with van der Waals surface area (Å²) in [5.41, 5.74) is -0.564. The fourth-order valence-electron chi connectivity index (χ4n) is 2.96. The predicted molar refractivity (Wildman–Crippen MR) is 70.2 cm³/mol. The van der Waals surface area contributed by atoms with Gasteiger partial charge in [0.15, 0.2) is 0 Å². The molecule has 0 aromatic heterocycles. The van der Waals surface area contributed by atoms with Crippen molar-refractivity contribution in [2.24, 2.45) is 0 Å². The average molecular weight is 265 g/mol. The molecule has 1 aromatic carbocycles. The van der Waals surface area contributed by atoms with Crippen LogP contribution < -0.4 is 0 Å². The number of nitrogens with zero attached hydrogens (tertiary/aromatic N) is 1. The van der Waals surface area contributed by atoms with Gasteiger partial charge in [0, 0.05) is 6.04 Å². The molecule has 0 bridgehead atoms. The van der Waals surface area contributed by atoms with Crippen molar-refractivity contribution in [2.75, 3.05) is 6.54 Å². The lowest BCUT2D eigenvalue weighted by atomic mass is 9.95. The summed E-state index contributed by atoms with van der Waals surface area (Å²) >= 11 is 0. The molecule has 0 saturated carbocycles. The molecule has 1 aliphatic rings. The highest BCUT2D eigenvalue weighted by Gasteiger charge is 2.46. The number of likely N-dealkylation sites (tertiary alicyclic amines) is 1. The van der Waals surface area contributed by atoms with Crippen LogP contribution in [0.15, 0.2) is 18.2 Å². The van der Waals surface area contributed by atoms with Crippen LogP contribution in [-0.2, 0) is 4.79 Å². The number of aliphatic carboxylic acids is 1. The molecule has 0 aliphatic carbocycles. The van der Waals surface area contributed by atoms with Crippen LogP contribution in [0.25, 0.3) is 0 Å². The van der Waals surface area contributed by atoms with Crippen molar-refractivity contribution in [3.05, 3.63) is 23.8 Å². The van der Waals surface area contributed by atoms with Gasteiger partial charge in [-0.05, 0) is 45.4 Å². The van der Waals surface area contributed by atoms with E-state index in [0.29, 0.717) is 18.5 Å². The van der Waals surface area contributed by atoms with Gasteiger partial charge in [0.1, 0.15) is 17.0 Å². The van der Waals surface area contributed by atoms with Crippen molar-refractivity contribution in [3.8, 4) is 11.5 Å². The van der Waals surface area contributed by atoms with Crippen molar-refractivity contribution in [1.29, 1.82) is 0 Å². The van der Waals surface area contributed by atoms with Crippen LogP contribution in [0.1, 0.15) is 38.3 Å². The lowest BCUT2D eigenvalue weighted by molar-refractivity contribution is -0.150. The molecule has 0 radical (unpaired) electrons. The van der Waals surface area contributed by atoms with E-state index in [-0.39, 0.29) is 17.5 Å². The van der Waals surface area contributed by atoms with Gasteiger partial charge in [-0.25, -0.2) is 0 Å². The molecule has 3 N–H and O–H groups in total. The lowest BCUT2D eigenvalue weighted by Crippen LogP contribution is -2.48. The van der Waals surface area contributed by atoms with Gasteiger partial charge in [-0.15, -0.1) is 0 Å². The van der Waals surface area contributed by atoms with Crippen LogP contribution in [0.5, 0.6) is 11.5 Å². The molecule has 2 atom stereocenters. The number of hydrogen-bond donors (Lipinski definition) is 3. The summed E-state index contributed by atoms with van der Waals surface area (Å²) in [6.45, 7) is 4.13. The second-order valence-corrected chi connectivity index (χ2v) is 5.26. The molecule has 0 amide bonds.